The summed E-state index contributed by atoms with van der Waals surface area (Å²) >= 11 is 0. The number of fused-ring (bicyclic) bond motifs is 1. The molecule has 0 N–H and O–H groups in total. The van der Waals surface area contributed by atoms with Gasteiger partial charge < -0.3 is 0 Å². The summed E-state index contributed by atoms with van der Waals surface area (Å²) in [5.41, 5.74) is -0.170. The standard InChI is InChI=1S/C14H11FN2O2/c15-11-5-2-6-12(10(11)7-16)17-13(18)8-3-1-4-9(8)14(17)19/h2,5-6,8-9H,1,3-4H2. The van der Waals surface area contributed by atoms with Gasteiger partial charge in [-0.3, -0.25) is 9.59 Å². The lowest BCUT2D eigenvalue weighted by Gasteiger charge is -2.17. The highest BCUT2D eigenvalue weighted by molar-refractivity contribution is 6.22. The largest absolute Gasteiger partial charge is 0.274 e. The van der Waals surface area contributed by atoms with E-state index in [-0.39, 0.29) is 34.9 Å². The number of nitrogens with zero attached hydrogens (tertiary/aromatic N) is 2. The number of carbonyl (C=O) groups is 2. The Kier molecular flexibility index (Phi) is 2.59. The molecule has 1 heterocycles. The molecule has 1 aromatic carbocycles. The van der Waals surface area contributed by atoms with E-state index < -0.39 is 5.82 Å². The van der Waals surface area contributed by atoms with Crippen molar-refractivity contribution in [3.63, 3.8) is 0 Å². The van der Waals surface area contributed by atoms with Crippen molar-refractivity contribution >= 4 is 17.5 Å². The molecule has 2 fully saturated rings. The minimum atomic E-state index is -0.711. The second-order valence-corrected chi connectivity index (χ2v) is 4.90. The highest BCUT2D eigenvalue weighted by atomic mass is 19.1. The molecule has 5 heteroatoms. The van der Waals surface area contributed by atoms with Crippen molar-refractivity contribution in [3.8, 4) is 6.07 Å². The van der Waals surface area contributed by atoms with Crippen LogP contribution in [0.3, 0.4) is 0 Å². The summed E-state index contributed by atoms with van der Waals surface area (Å²) in [6, 6.07) is 5.72. The summed E-state index contributed by atoms with van der Waals surface area (Å²) in [5, 5.41) is 9.00. The lowest BCUT2D eigenvalue weighted by atomic mass is 10.00. The van der Waals surface area contributed by atoms with E-state index in [1.807, 2.05) is 0 Å². The van der Waals surface area contributed by atoms with Crippen LogP contribution in [0.25, 0.3) is 0 Å². The monoisotopic (exact) mass is 258 g/mol. The first-order valence-electron chi connectivity index (χ1n) is 6.21. The fourth-order valence-corrected chi connectivity index (χ4v) is 3.04. The smallest absolute Gasteiger partial charge is 0.237 e. The van der Waals surface area contributed by atoms with E-state index >= 15 is 0 Å². The topological polar surface area (TPSA) is 61.2 Å². The van der Waals surface area contributed by atoms with Gasteiger partial charge >= 0.3 is 0 Å². The van der Waals surface area contributed by atoms with Crippen molar-refractivity contribution in [1.29, 1.82) is 5.26 Å². The van der Waals surface area contributed by atoms with Gasteiger partial charge in [-0.1, -0.05) is 12.5 Å². The molecule has 1 aromatic rings. The molecule has 2 unspecified atom stereocenters. The van der Waals surface area contributed by atoms with E-state index in [1.54, 1.807) is 6.07 Å². The van der Waals surface area contributed by atoms with Crippen LogP contribution in [0.15, 0.2) is 18.2 Å². The van der Waals surface area contributed by atoms with E-state index in [0.717, 1.165) is 17.4 Å². The SMILES string of the molecule is N#Cc1c(F)cccc1N1C(=O)C2CCCC2C1=O. The maximum atomic E-state index is 13.6. The minimum absolute atomic E-state index is 0.0758. The first-order valence-corrected chi connectivity index (χ1v) is 6.21. The molecular weight excluding hydrogens is 247 g/mol. The third kappa shape index (κ3) is 1.56. The number of anilines is 1. The quantitative estimate of drug-likeness (QED) is 0.724. The van der Waals surface area contributed by atoms with Gasteiger partial charge in [0.1, 0.15) is 17.4 Å². The second kappa shape index (κ2) is 4.16. The van der Waals surface area contributed by atoms with E-state index in [1.165, 1.54) is 12.1 Å². The zero-order chi connectivity index (χ0) is 13.6. The summed E-state index contributed by atoms with van der Waals surface area (Å²) in [6.45, 7) is 0. The third-order valence-electron chi connectivity index (χ3n) is 3.94. The lowest BCUT2D eigenvalue weighted by molar-refractivity contribution is -0.122. The molecule has 1 saturated heterocycles. The number of hydrogen-bond acceptors (Lipinski definition) is 3. The number of halogens is 1. The normalized spacial score (nSPS) is 25.6. The number of benzene rings is 1. The fraction of sp³-hybridized carbons (Fsp3) is 0.357. The molecule has 1 aliphatic carbocycles. The molecule has 0 radical (unpaired) electrons. The minimum Gasteiger partial charge on any atom is -0.274 e. The Morgan fingerprint density at radius 1 is 1.21 bits per heavy atom. The average molecular weight is 258 g/mol. The van der Waals surface area contributed by atoms with Crippen molar-refractivity contribution in [2.75, 3.05) is 4.90 Å². The van der Waals surface area contributed by atoms with Gasteiger partial charge in [-0.05, 0) is 25.0 Å². The number of nitriles is 1. The van der Waals surface area contributed by atoms with Gasteiger partial charge in [-0.25, -0.2) is 9.29 Å². The summed E-state index contributed by atoms with van der Waals surface area (Å²) in [6.07, 6.45) is 2.26. The van der Waals surface area contributed by atoms with E-state index in [0.29, 0.717) is 12.8 Å². The molecular formula is C14H11FN2O2. The van der Waals surface area contributed by atoms with E-state index in [2.05, 4.69) is 0 Å². The van der Waals surface area contributed by atoms with Gasteiger partial charge in [0.2, 0.25) is 11.8 Å². The molecule has 1 saturated carbocycles. The molecule has 19 heavy (non-hydrogen) atoms. The van der Waals surface area contributed by atoms with Gasteiger partial charge in [0.25, 0.3) is 0 Å². The average Bonchev–Trinajstić information content (AvgIpc) is 2.95. The first kappa shape index (κ1) is 11.8. The van der Waals surface area contributed by atoms with Crippen molar-refractivity contribution < 1.29 is 14.0 Å². The van der Waals surface area contributed by atoms with Crippen LogP contribution in [0.2, 0.25) is 0 Å². The van der Waals surface area contributed by atoms with Gasteiger partial charge in [-0.2, -0.15) is 5.26 Å². The Balaban J connectivity index is 2.09. The molecule has 1 aliphatic heterocycles. The van der Waals surface area contributed by atoms with Gasteiger partial charge in [0.05, 0.1) is 17.5 Å². The molecule has 0 aromatic heterocycles. The zero-order valence-corrected chi connectivity index (χ0v) is 10.1. The van der Waals surface area contributed by atoms with Crippen LogP contribution in [-0.2, 0) is 9.59 Å². The third-order valence-corrected chi connectivity index (χ3v) is 3.94. The molecule has 0 bridgehead atoms. The molecule has 2 atom stereocenters. The van der Waals surface area contributed by atoms with Gasteiger partial charge in [0.15, 0.2) is 0 Å². The Labute approximate surface area is 109 Å². The molecule has 96 valence electrons. The van der Waals surface area contributed by atoms with Crippen LogP contribution in [0.4, 0.5) is 10.1 Å². The van der Waals surface area contributed by atoms with Crippen LogP contribution in [0.5, 0.6) is 0 Å². The van der Waals surface area contributed by atoms with Gasteiger partial charge in [-0.15, -0.1) is 0 Å². The number of amides is 2. The van der Waals surface area contributed by atoms with Crippen LogP contribution in [0.1, 0.15) is 24.8 Å². The Morgan fingerprint density at radius 2 is 1.84 bits per heavy atom. The Hall–Kier alpha value is -2.22. The summed E-state index contributed by atoms with van der Waals surface area (Å²) in [7, 11) is 0. The lowest BCUT2D eigenvalue weighted by Crippen LogP contribution is -2.32. The number of rotatable bonds is 1. The zero-order valence-electron chi connectivity index (χ0n) is 10.1. The van der Waals surface area contributed by atoms with E-state index in [9.17, 15) is 14.0 Å². The van der Waals surface area contributed by atoms with Crippen molar-refractivity contribution in [1.82, 2.24) is 0 Å². The van der Waals surface area contributed by atoms with Crippen LogP contribution in [0, 0.1) is 29.0 Å². The van der Waals surface area contributed by atoms with E-state index in [4.69, 9.17) is 5.26 Å². The van der Waals surface area contributed by atoms with Gasteiger partial charge in [0, 0.05) is 0 Å². The fourth-order valence-electron chi connectivity index (χ4n) is 3.04. The highest BCUT2D eigenvalue weighted by Gasteiger charge is 2.50. The maximum Gasteiger partial charge on any atom is 0.237 e. The molecule has 4 nitrogen and oxygen atoms in total. The summed E-state index contributed by atoms with van der Waals surface area (Å²) in [5.74, 6) is -1.88. The first-order chi connectivity index (χ1) is 9.15. The second-order valence-electron chi connectivity index (χ2n) is 4.90. The molecule has 0 spiro atoms. The predicted octanol–water partition coefficient (Wildman–Crippen LogP) is 1.99. The van der Waals surface area contributed by atoms with Crippen molar-refractivity contribution in [2.24, 2.45) is 11.8 Å². The summed E-state index contributed by atoms with van der Waals surface area (Å²) in [4.78, 5) is 25.5. The van der Waals surface area contributed by atoms with Crippen molar-refractivity contribution in [2.45, 2.75) is 19.3 Å². The number of imide groups is 1. The highest BCUT2D eigenvalue weighted by Crippen LogP contribution is 2.42. The molecule has 3 rings (SSSR count). The predicted molar refractivity (Wildman–Crippen MR) is 64.4 cm³/mol. The maximum absolute atomic E-state index is 13.6. The van der Waals surface area contributed by atoms with Crippen LogP contribution in [-0.4, -0.2) is 11.8 Å². The summed E-state index contributed by atoms with van der Waals surface area (Å²) < 4.78 is 13.6. The van der Waals surface area contributed by atoms with Crippen LogP contribution >= 0.6 is 0 Å². The number of hydrogen-bond donors (Lipinski definition) is 0. The van der Waals surface area contributed by atoms with Crippen molar-refractivity contribution in [3.05, 3.63) is 29.6 Å². The molecule has 2 amide bonds. The molecule has 2 aliphatic rings. The number of carbonyl (C=O) groups excluding carboxylic acids is 2. The van der Waals surface area contributed by atoms with Crippen LogP contribution < -0.4 is 4.90 Å². The Morgan fingerprint density at radius 3 is 2.42 bits per heavy atom. The Bertz CT molecular complexity index is 598.